The molecule has 17 heavy (non-hydrogen) atoms. The van der Waals surface area contributed by atoms with E-state index in [0.29, 0.717) is 0 Å². The molecule has 0 fully saturated rings. The maximum atomic E-state index is 13.7. The third-order valence-electron chi connectivity index (χ3n) is 3.07. The molecule has 3 heteroatoms. The summed E-state index contributed by atoms with van der Waals surface area (Å²) >= 11 is 0. The smallest absolute Gasteiger partial charge is 0.127 e. The van der Waals surface area contributed by atoms with Crippen molar-refractivity contribution in [1.29, 1.82) is 0 Å². The number of hydrogen-bond acceptors (Lipinski definition) is 2. The molecule has 0 heterocycles. The van der Waals surface area contributed by atoms with Crippen LogP contribution < -0.4 is 5.32 Å². The number of hydrogen-bond donors (Lipinski definition) is 1. The zero-order valence-corrected chi connectivity index (χ0v) is 11.0. The predicted octanol–water partition coefficient (Wildman–Crippen LogP) is 2.82. The molecule has 1 N–H and O–H groups in total. The van der Waals surface area contributed by atoms with Gasteiger partial charge in [0.2, 0.25) is 0 Å². The van der Waals surface area contributed by atoms with Gasteiger partial charge in [-0.3, -0.25) is 0 Å². The van der Waals surface area contributed by atoms with E-state index in [1.54, 1.807) is 6.07 Å². The lowest BCUT2D eigenvalue weighted by Gasteiger charge is -2.22. The molecule has 0 saturated carbocycles. The molecule has 1 rings (SSSR count). The topological polar surface area (TPSA) is 15.3 Å². The van der Waals surface area contributed by atoms with Crippen LogP contribution in [0.5, 0.6) is 0 Å². The molecule has 1 aromatic rings. The molecular weight excluding hydrogens is 215 g/mol. The van der Waals surface area contributed by atoms with Gasteiger partial charge in [-0.15, -0.1) is 0 Å². The molecule has 0 radical (unpaired) electrons. The van der Waals surface area contributed by atoms with Crippen LogP contribution >= 0.6 is 0 Å². The standard InChI is InChI=1S/C14H23FN2/c1-4-16-14(10-11-17(3)5-2)12-8-6-7-9-13(12)15/h6-9,14,16H,4-5,10-11H2,1-3H3. The van der Waals surface area contributed by atoms with Crippen LogP contribution in [0.25, 0.3) is 0 Å². The Hall–Kier alpha value is -0.930. The lowest BCUT2D eigenvalue weighted by Crippen LogP contribution is -2.27. The van der Waals surface area contributed by atoms with Gasteiger partial charge in [0, 0.05) is 11.6 Å². The Morgan fingerprint density at radius 1 is 1.29 bits per heavy atom. The van der Waals surface area contributed by atoms with Crippen molar-refractivity contribution in [1.82, 2.24) is 10.2 Å². The Labute approximate surface area is 104 Å². The van der Waals surface area contributed by atoms with Gasteiger partial charge in [-0.25, -0.2) is 4.39 Å². The molecule has 0 amide bonds. The largest absolute Gasteiger partial charge is 0.310 e. The number of rotatable bonds is 7. The summed E-state index contributed by atoms with van der Waals surface area (Å²) in [6.07, 6.45) is 0.930. The molecule has 1 unspecified atom stereocenters. The van der Waals surface area contributed by atoms with Crippen LogP contribution in [-0.2, 0) is 0 Å². The lowest BCUT2D eigenvalue weighted by atomic mass is 10.0. The van der Waals surface area contributed by atoms with Gasteiger partial charge in [0.1, 0.15) is 5.82 Å². The Bertz CT molecular complexity index is 328. The van der Waals surface area contributed by atoms with Crippen LogP contribution in [0.2, 0.25) is 0 Å². The summed E-state index contributed by atoms with van der Waals surface area (Å²) < 4.78 is 13.7. The maximum absolute atomic E-state index is 13.7. The summed E-state index contributed by atoms with van der Waals surface area (Å²) in [4.78, 5) is 2.24. The van der Waals surface area contributed by atoms with E-state index in [1.807, 2.05) is 12.1 Å². The molecular formula is C14H23FN2. The molecule has 0 aliphatic heterocycles. The minimum atomic E-state index is -0.113. The van der Waals surface area contributed by atoms with E-state index in [1.165, 1.54) is 6.07 Å². The number of benzene rings is 1. The van der Waals surface area contributed by atoms with Crippen molar-refractivity contribution >= 4 is 0 Å². The first-order valence-corrected chi connectivity index (χ1v) is 6.35. The highest BCUT2D eigenvalue weighted by Gasteiger charge is 2.14. The molecule has 0 aliphatic carbocycles. The second kappa shape index (κ2) is 7.41. The second-order valence-corrected chi connectivity index (χ2v) is 4.32. The third kappa shape index (κ3) is 4.44. The second-order valence-electron chi connectivity index (χ2n) is 4.32. The number of nitrogens with one attached hydrogen (secondary N) is 1. The van der Waals surface area contributed by atoms with Crippen LogP contribution in [0.4, 0.5) is 4.39 Å². The van der Waals surface area contributed by atoms with Gasteiger partial charge in [-0.1, -0.05) is 32.0 Å². The van der Waals surface area contributed by atoms with E-state index in [0.717, 1.165) is 31.6 Å². The fraction of sp³-hybridized carbons (Fsp3) is 0.571. The van der Waals surface area contributed by atoms with Crippen molar-refractivity contribution in [2.45, 2.75) is 26.3 Å². The fourth-order valence-electron chi connectivity index (χ4n) is 1.88. The predicted molar refractivity (Wildman–Crippen MR) is 70.6 cm³/mol. The summed E-state index contributed by atoms with van der Waals surface area (Å²) in [7, 11) is 2.09. The minimum Gasteiger partial charge on any atom is -0.310 e. The van der Waals surface area contributed by atoms with Crippen molar-refractivity contribution in [3.63, 3.8) is 0 Å². The van der Waals surface area contributed by atoms with E-state index in [-0.39, 0.29) is 11.9 Å². The molecule has 1 atom stereocenters. The zero-order chi connectivity index (χ0) is 12.7. The molecule has 0 aliphatic rings. The fourth-order valence-corrected chi connectivity index (χ4v) is 1.88. The molecule has 96 valence electrons. The van der Waals surface area contributed by atoms with Crippen molar-refractivity contribution in [3.8, 4) is 0 Å². The van der Waals surface area contributed by atoms with Crippen LogP contribution in [0.3, 0.4) is 0 Å². The summed E-state index contributed by atoms with van der Waals surface area (Å²) in [5.74, 6) is -0.113. The molecule has 2 nitrogen and oxygen atoms in total. The van der Waals surface area contributed by atoms with Crippen molar-refractivity contribution in [2.75, 3.05) is 26.7 Å². The van der Waals surface area contributed by atoms with E-state index < -0.39 is 0 Å². The van der Waals surface area contributed by atoms with Gasteiger partial charge in [0.05, 0.1) is 0 Å². The molecule has 0 bridgehead atoms. The first-order valence-electron chi connectivity index (χ1n) is 6.35. The number of nitrogens with zero attached hydrogens (tertiary/aromatic N) is 1. The van der Waals surface area contributed by atoms with Crippen molar-refractivity contribution < 1.29 is 4.39 Å². The SMILES string of the molecule is CCNC(CCN(C)CC)c1ccccc1F. The third-order valence-corrected chi connectivity index (χ3v) is 3.07. The lowest BCUT2D eigenvalue weighted by molar-refractivity contribution is 0.320. The minimum absolute atomic E-state index is 0.107. The molecule has 0 aromatic heterocycles. The summed E-state index contributed by atoms with van der Waals surface area (Å²) in [5, 5.41) is 3.35. The Balaban J connectivity index is 2.68. The van der Waals surface area contributed by atoms with E-state index in [9.17, 15) is 4.39 Å². The highest BCUT2D eigenvalue weighted by atomic mass is 19.1. The van der Waals surface area contributed by atoms with Gasteiger partial charge >= 0.3 is 0 Å². The van der Waals surface area contributed by atoms with Crippen LogP contribution in [-0.4, -0.2) is 31.6 Å². The van der Waals surface area contributed by atoms with Crippen molar-refractivity contribution in [2.24, 2.45) is 0 Å². The van der Waals surface area contributed by atoms with E-state index >= 15 is 0 Å². The van der Waals surface area contributed by atoms with Crippen molar-refractivity contribution in [3.05, 3.63) is 35.6 Å². The zero-order valence-electron chi connectivity index (χ0n) is 11.0. The summed E-state index contributed by atoms with van der Waals surface area (Å²) in [6.45, 7) is 7.04. The quantitative estimate of drug-likeness (QED) is 0.786. The van der Waals surface area contributed by atoms with Gasteiger partial charge < -0.3 is 10.2 Å². The maximum Gasteiger partial charge on any atom is 0.127 e. The highest BCUT2D eigenvalue weighted by molar-refractivity contribution is 5.21. The Morgan fingerprint density at radius 2 is 2.00 bits per heavy atom. The van der Waals surface area contributed by atoms with Gasteiger partial charge in [0.25, 0.3) is 0 Å². The van der Waals surface area contributed by atoms with Crippen LogP contribution in [0, 0.1) is 5.82 Å². The monoisotopic (exact) mass is 238 g/mol. The first kappa shape index (κ1) is 14.1. The molecule has 1 aromatic carbocycles. The van der Waals surface area contributed by atoms with Gasteiger partial charge in [-0.05, 0) is 39.2 Å². The highest BCUT2D eigenvalue weighted by Crippen LogP contribution is 2.20. The normalized spacial score (nSPS) is 13.0. The molecule has 0 saturated heterocycles. The molecule has 0 spiro atoms. The van der Waals surface area contributed by atoms with Crippen LogP contribution in [0.1, 0.15) is 31.9 Å². The Kier molecular flexibility index (Phi) is 6.16. The summed E-state index contributed by atoms with van der Waals surface area (Å²) in [5.41, 5.74) is 0.777. The summed E-state index contributed by atoms with van der Waals surface area (Å²) in [6, 6.07) is 7.14. The van der Waals surface area contributed by atoms with Crippen LogP contribution in [0.15, 0.2) is 24.3 Å². The first-order chi connectivity index (χ1) is 8.19. The average molecular weight is 238 g/mol. The average Bonchev–Trinajstić information content (AvgIpc) is 2.35. The number of halogens is 1. The Morgan fingerprint density at radius 3 is 2.59 bits per heavy atom. The van der Waals surface area contributed by atoms with E-state index in [2.05, 4.69) is 31.1 Å². The van der Waals surface area contributed by atoms with Gasteiger partial charge in [0.15, 0.2) is 0 Å². The van der Waals surface area contributed by atoms with E-state index in [4.69, 9.17) is 0 Å². The van der Waals surface area contributed by atoms with Gasteiger partial charge in [-0.2, -0.15) is 0 Å².